The number of halogens is 3. The van der Waals surface area contributed by atoms with Crippen LogP contribution in [0.25, 0.3) is 22.0 Å². The van der Waals surface area contributed by atoms with E-state index in [1.54, 1.807) is 13.0 Å². The summed E-state index contributed by atoms with van der Waals surface area (Å²) in [6.45, 7) is 3.39. The number of fused-ring (bicyclic) bond motifs is 1. The Bertz CT molecular complexity index is 1400. The first-order chi connectivity index (χ1) is 17.7. The summed E-state index contributed by atoms with van der Waals surface area (Å²) < 4.78 is 41.4. The van der Waals surface area contributed by atoms with Gasteiger partial charge in [-0.3, -0.25) is 9.78 Å². The van der Waals surface area contributed by atoms with E-state index in [-0.39, 0.29) is 0 Å². The van der Waals surface area contributed by atoms with Gasteiger partial charge in [0.05, 0.1) is 11.5 Å². The molecule has 0 aliphatic rings. The van der Waals surface area contributed by atoms with Crippen LogP contribution in [0.2, 0.25) is 0 Å². The predicted octanol–water partition coefficient (Wildman–Crippen LogP) is 6.82. The Morgan fingerprint density at radius 1 is 0.919 bits per heavy atom. The fraction of sp³-hybridized carbons (Fsp3) is 0.214. The molecule has 0 radical (unpaired) electrons. The van der Waals surface area contributed by atoms with Crippen LogP contribution in [0, 0.1) is 0 Å². The van der Waals surface area contributed by atoms with Crippen molar-refractivity contribution in [1.82, 2.24) is 4.57 Å². The van der Waals surface area contributed by atoms with Gasteiger partial charge < -0.3 is 4.57 Å². The van der Waals surface area contributed by atoms with Crippen molar-refractivity contribution in [2.24, 2.45) is 0 Å². The van der Waals surface area contributed by atoms with E-state index < -0.39 is 29.6 Å². The van der Waals surface area contributed by atoms with Gasteiger partial charge >= 0.3 is 18.1 Å². The maximum atomic E-state index is 13.1. The molecular formula is C28H24F3NO5. The Labute approximate surface area is 211 Å². The summed E-state index contributed by atoms with van der Waals surface area (Å²) in [5, 5.41) is 5.03. The van der Waals surface area contributed by atoms with E-state index in [0.29, 0.717) is 35.0 Å². The van der Waals surface area contributed by atoms with Crippen LogP contribution in [0.3, 0.4) is 0 Å². The quantitative estimate of drug-likeness (QED) is 0.192. The van der Waals surface area contributed by atoms with Crippen molar-refractivity contribution >= 4 is 22.8 Å². The van der Waals surface area contributed by atoms with Crippen molar-refractivity contribution < 1.29 is 37.6 Å². The third-order valence-corrected chi connectivity index (χ3v) is 5.99. The Balaban J connectivity index is 1.84. The summed E-state index contributed by atoms with van der Waals surface area (Å²) in [6, 6.07) is 20.1. The molecule has 0 aliphatic heterocycles. The van der Waals surface area contributed by atoms with E-state index in [1.165, 1.54) is 12.1 Å². The standard InChI is InChI=1S/C28H24F3NO5/c1-3-22(27(34)36-37-35-18(2)33)24-17-32(16-19-8-5-4-6-9-19)25-11-7-10-23(26(24)25)20-12-14-21(15-13-20)28(29,30)31/h4-15,17,22H,3,16H2,1-2H3. The molecule has 192 valence electrons. The van der Waals surface area contributed by atoms with Crippen LogP contribution in [0.4, 0.5) is 13.2 Å². The van der Waals surface area contributed by atoms with Crippen molar-refractivity contribution in [3.05, 3.63) is 95.7 Å². The normalized spacial score (nSPS) is 12.4. The number of carbonyl (C=O) groups excluding carboxylic acids is 2. The Hall–Kier alpha value is -4.11. The highest BCUT2D eigenvalue weighted by atomic mass is 19.4. The molecule has 6 nitrogen and oxygen atoms in total. The van der Waals surface area contributed by atoms with Crippen LogP contribution in [-0.4, -0.2) is 16.5 Å². The molecule has 1 heterocycles. The molecule has 0 saturated heterocycles. The minimum atomic E-state index is -4.45. The van der Waals surface area contributed by atoms with Gasteiger partial charge in [0.15, 0.2) is 0 Å². The number of nitrogens with zero attached hydrogens (tertiary/aromatic N) is 1. The molecular weight excluding hydrogens is 487 g/mol. The predicted molar refractivity (Wildman–Crippen MR) is 130 cm³/mol. The van der Waals surface area contributed by atoms with Gasteiger partial charge in [-0.05, 0) is 46.9 Å². The molecule has 4 aromatic rings. The van der Waals surface area contributed by atoms with Gasteiger partial charge in [-0.25, -0.2) is 9.59 Å². The monoisotopic (exact) mass is 511 g/mol. The summed E-state index contributed by atoms with van der Waals surface area (Å²) in [6.07, 6.45) is -2.28. The molecule has 0 N–H and O–H groups in total. The van der Waals surface area contributed by atoms with Crippen LogP contribution in [0.15, 0.2) is 79.0 Å². The molecule has 0 spiro atoms. The number of rotatable bonds is 8. The molecule has 37 heavy (non-hydrogen) atoms. The molecule has 0 bridgehead atoms. The van der Waals surface area contributed by atoms with Crippen molar-refractivity contribution in [3.63, 3.8) is 0 Å². The van der Waals surface area contributed by atoms with Gasteiger partial charge in [0, 0.05) is 35.6 Å². The first-order valence-electron chi connectivity index (χ1n) is 11.6. The fourth-order valence-corrected chi connectivity index (χ4v) is 4.31. The number of carbonyl (C=O) groups is 2. The van der Waals surface area contributed by atoms with Crippen LogP contribution in [-0.2, 0) is 37.1 Å². The summed E-state index contributed by atoms with van der Waals surface area (Å²) in [5.41, 5.74) is 2.92. The van der Waals surface area contributed by atoms with E-state index in [9.17, 15) is 22.8 Å². The molecule has 0 amide bonds. The van der Waals surface area contributed by atoms with Gasteiger partial charge in [0.1, 0.15) is 0 Å². The highest BCUT2D eigenvalue weighted by Gasteiger charge is 2.31. The van der Waals surface area contributed by atoms with Gasteiger partial charge in [-0.1, -0.05) is 61.5 Å². The van der Waals surface area contributed by atoms with Crippen LogP contribution in [0.5, 0.6) is 0 Å². The lowest BCUT2D eigenvalue weighted by Crippen LogP contribution is -2.17. The molecule has 0 fully saturated rings. The van der Waals surface area contributed by atoms with E-state index in [0.717, 1.165) is 30.1 Å². The van der Waals surface area contributed by atoms with Gasteiger partial charge in [-0.2, -0.15) is 13.2 Å². The SMILES string of the molecule is CCC(C(=O)OOOC(C)=O)c1cn(Cc2ccccc2)c2cccc(-c3ccc(C(F)(F)F)cc3)c12. The maximum absolute atomic E-state index is 13.1. The average molecular weight is 511 g/mol. The van der Waals surface area contributed by atoms with Crippen LogP contribution in [0.1, 0.15) is 42.9 Å². The maximum Gasteiger partial charge on any atom is 0.416 e. The second kappa shape index (κ2) is 10.9. The van der Waals surface area contributed by atoms with E-state index in [4.69, 9.17) is 4.89 Å². The average Bonchev–Trinajstić information content (AvgIpc) is 3.22. The highest BCUT2D eigenvalue weighted by molar-refractivity contribution is 6.00. The Morgan fingerprint density at radius 3 is 2.24 bits per heavy atom. The number of hydrogen-bond acceptors (Lipinski definition) is 5. The van der Waals surface area contributed by atoms with Crippen molar-refractivity contribution in [2.75, 3.05) is 0 Å². The zero-order valence-corrected chi connectivity index (χ0v) is 20.1. The summed E-state index contributed by atoms with van der Waals surface area (Å²) in [7, 11) is 0. The topological polar surface area (TPSA) is 66.8 Å². The summed E-state index contributed by atoms with van der Waals surface area (Å²) in [5.74, 6) is -2.36. The van der Waals surface area contributed by atoms with Crippen molar-refractivity contribution in [1.29, 1.82) is 0 Å². The third-order valence-electron chi connectivity index (χ3n) is 5.99. The van der Waals surface area contributed by atoms with E-state index in [2.05, 4.69) is 9.93 Å². The van der Waals surface area contributed by atoms with Crippen molar-refractivity contribution in [3.8, 4) is 11.1 Å². The van der Waals surface area contributed by atoms with Crippen molar-refractivity contribution in [2.45, 2.75) is 38.9 Å². The zero-order chi connectivity index (χ0) is 26.6. The van der Waals surface area contributed by atoms with Gasteiger partial charge in [0.25, 0.3) is 0 Å². The Kier molecular flexibility index (Phi) is 7.63. The van der Waals surface area contributed by atoms with Crippen LogP contribution >= 0.6 is 0 Å². The lowest BCUT2D eigenvalue weighted by Gasteiger charge is -2.14. The molecule has 0 aliphatic carbocycles. The van der Waals surface area contributed by atoms with Gasteiger partial charge in [0.2, 0.25) is 0 Å². The molecule has 3 aromatic carbocycles. The first kappa shape index (κ1) is 26.0. The van der Waals surface area contributed by atoms with E-state index >= 15 is 0 Å². The molecule has 9 heteroatoms. The number of benzene rings is 3. The second-order valence-corrected chi connectivity index (χ2v) is 8.48. The molecule has 4 rings (SSSR count). The highest BCUT2D eigenvalue weighted by Crippen LogP contribution is 2.39. The molecule has 1 atom stereocenters. The minimum absolute atomic E-state index is 0.327. The largest absolute Gasteiger partial charge is 0.416 e. The minimum Gasteiger partial charge on any atom is -0.343 e. The van der Waals surface area contributed by atoms with Crippen LogP contribution < -0.4 is 0 Å². The molecule has 0 saturated carbocycles. The second-order valence-electron chi connectivity index (χ2n) is 8.48. The zero-order valence-electron chi connectivity index (χ0n) is 20.1. The first-order valence-corrected chi connectivity index (χ1v) is 11.6. The third kappa shape index (κ3) is 5.83. The fourth-order valence-electron chi connectivity index (χ4n) is 4.31. The van der Waals surface area contributed by atoms with Gasteiger partial charge in [-0.15, -0.1) is 0 Å². The smallest absolute Gasteiger partial charge is 0.343 e. The lowest BCUT2D eigenvalue weighted by atomic mass is 9.91. The molecule has 1 unspecified atom stereocenters. The number of aromatic nitrogens is 1. The molecule has 1 aromatic heterocycles. The lowest BCUT2D eigenvalue weighted by molar-refractivity contribution is -0.459. The summed E-state index contributed by atoms with van der Waals surface area (Å²) in [4.78, 5) is 32.8. The number of alkyl halides is 3. The van der Waals surface area contributed by atoms with E-state index in [1.807, 2.05) is 53.2 Å². The summed E-state index contributed by atoms with van der Waals surface area (Å²) >= 11 is 0. The Morgan fingerprint density at radius 2 is 1.62 bits per heavy atom. The number of hydrogen-bond donors (Lipinski definition) is 0.